The van der Waals surface area contributed by atoms with Crippen LogP contribution in [0.2, 0.25) is 0 Å². The Labute approximate surface area is 81.4 Å². The molecule has 0 nitrogen and oxygen atoms in total. The first-order valence-electron chi connectivity index (χ1n) is 4.95. The largest absolute Gasteiger partial charge is 0.0882 e. The highest BCUT2D eigenvalue weighted by Gasteiger charge is 1.81. The highest BCUT2D eigenvalue weighted by molar-refractivity contribution is 5.09. The zero-order chi connectivity index (χ0) is 9.19. The van der Waals surface area contributed by atoms with Gasteiger partial charge in [-0.1, -0.05) is 48.6 Å². The van der Waals surface area contributed by atoms with Crippen LogP contribution in [-0.2, 0) is 0 Å². The minimum Gasteiger partial charge on any atom is -0.0882 e. The van der Waals surface area contributed by atoms with Crippen LogP contribution in [0.25, 0.3) is 0 Å². The van der Waals surface area contributed by atoms with Crippen molar-refractivity contribution in [2.75, 3.05) is 0 Å². The SMILES string of the molecule is [CH]1C=CC=CCC=CCC=CCC1. The van der Waals surface area contributed by atoms with E-state index in [2.05, 4.69) is 55.0 Å². The minimum atomic E-state index is 1.04. The topological polar surface area (TPSA) is 0 Å². The molecule has 13 heavy (non-hydrogen) atoms. The van der Waals surface area contributed by atoms with Crippen LogP contribution in [0, 0.1) is 6.42 Å². The Balaban J connectivity index is 2.38. The van der Waals surface area contributed by atoms with Crippen LogP contribution in [0.1, 0.15) is 25.7 Å². The van der Waals surface area contributed by atoms with E-state index >= 15 is 0 Å². The number of hydrogen-bond acceptors (Lipinski definition) is 0. The summed E-state index contributed by atoms with van der Waals surface area (Å²) in [6.07, 6.45) is 24.0. The van der Waals surface area contributed by atoms with Gasteiger partial charge in [0, 0.05) is 0 Å². The molecule has 0 unspecified atom stereocenters. The first-order chi connectivity index (χ1) is 6.50. The third-order valence-electron chi connectivity index (χ3n) is 1.87. The lowest BCUT2D eigenvalue weighted by atomic mass is 10.2. The molecule has 1 radical (unpaired) electrons. The Kier molecular flexibility index (Phi) is 5.87. The lowest BCUT2D eigenvalue weighted by Gasteiger charge is -1.88. The van der Waals surface area contributed by atoms with Gasteiger partial charge in [-0.25, -0.2) is 0 Å². The predicted molar refractivity (Wildman–Crippen MR) is 59.3 cm³/mol. The van der Waals surface area contributed by atoms with Gasteiger partial charge in [0.05, 0.1) is 0 Å². The fraction of sp³-hybridized carbons (Fsp3) is 0.308. The molecule has 0 bridgehead atoms. The number of allylic oxidation sites excluding steroid dienone is 8. The van der Waals surface area contributed by atoms with Gasteiger partial charge in [-0.2, -0.15) is 0 Å². The second kappa shape index (κ2) is 7.60. The van der Waals surface area contributed by atoms with E-state index in [9.17, 15) is 0 Å². The fourth-order valence-corrected chi connectivity index (χ4v) is 1.15. The molecule has 0 saturated heterocycles. The minimum absolute atomic E-state index is 1.04. The first kappa shape index (κ1) is 10.0. The van der Waals surface area contributed by atoms with Crippen LogP contribution in [0.3, 0.4) is 0 Å². The summed E-state index contributed by atoms with van der Waals surface area (Å²) < 4.78 is 0. The van der Waals surface area contributed by atoms with Gasteiger partial charge in [0.1, 0.15) is 0 Å². The van der Waals surface area contributed by atoms with Crippen LogP contribution in [0.5, 0.6) is 0 Å². The monoisotopic (exact) mass is 173 g/mol. The number of rotatable bonds is 0. The summed E-state index contributed by atoms with van der Waals surface area (Å²) in [6, 6.07) is 0. The standard InChI is InChI=1S/C13H17/c1-2-4-6-8-10-12-13-11-9-7-5-3-1/h1-5,8,10-11,13H,6-7,9,12H2. The highest BCUT2D eigenvalue weighted by atomic mass is 13.9. The average molecular weight is 173 g/mol. The third-order valence-corrected chi connectivity index (χ3v) is 1.87. The van der Waals surface area contributed by atoms with Crippen molar-refractivity contribution in [3.05, 3.63) is 55.0 Å². The molecule has 0 aliphatic heterocycles. The van der Waals surface area contributed by atoms with Gasteiger partial charge < -0.3 is 0 Å². The average Bonchev–Trinajstić information content (AvgIpc) is 2.18. The van der Waals surface area contributed by atoms with Crippen LogP contribution < -0.4 is 0 Å². The molecule has 0 amide bonds. The summed E-state index contributed by atoms with van der Waals surface area (Å²) in [6.45, 7) is 0. The lowest BCUT2D eigenvalue weighted by molar-refractivity contribution is 0.998. The van der Waals surface area contributed by atoms with Gasteiger partial charge in [-0.15, -0.1) is 0 Å². The fourth-order valence-electron chi connectivity index (χ4n) is 1.15. The molecule has 0 aromatic carbocycles. The molecule has 0 N–H and O–H groups in total. The smallest absolute Gasteiger partial charge is 0.0164 e. The van der Waals surface area contributed by atoms with Crippen molar-refractivity contribution in [3.8, 4) is 0 Å². The molecule has 0 aromatic rings. The maximum atomic E-state index is 2.25. The molecule has 1 aliphatic carbocycles. The van der Waals surface area contributed by atoms with Gasteiger partial charge in [0.15, 0.2) is 0 Å². The van der Waals surface area contributed by atoms with Gasteiger partial charge in [0.2, 0.25) is 0 Å². The van der Waals surface area contributed by atoms with Gasteiger partial charge in [-0.05, 0) is 32.1 Å². The Morgan fingerprint density at radius 3 is 2.23 bits per heavy atom. The van der Waals surface area contributed by atoms with Crippen molar-refractivity contribution in [2.45, 2.75) is 25.7 Å². The molecule has 0 fully saturated rings. The summed E-state index contributed by atoms with van der Waals surface area (Å²) in [7, 11) is 0. The normalized spacial score (nSPS) is 19.1. The van der Waals surface area contributed by atoms with Crippen molar-refractivity contribution >= 4 is 0 Å². The summed E-state index contributed by atoms with van der Waals surface area (Å²) in [5.74, 6) is 0. The zero-order valence-electron chi connectivity index (χ0n) is 8.02. The van der Waals surface area contributed by atoms with E-state index < -0.39 is 0 Å². The van der Waals surface area contributed by atoms with E-state index in [0.717, 1.165) is 25.7 Å². The maximum Gasteiger partial charge on any atom is -0.0164 e. The van der Waals surface area contributed by atoms with Gasteiger partial charge in [0.25, 0.3) is 0 Å². The molecule has 1 aliphatic rings. The molecule has 0 heterocycles. The zero-order valence-corrected chi connectivity index (χ0v) is 8.02. The molecular weight excluding hydrogens is 156 g/mol. The summed E-state index contributed by atoms with van der Waals surface area (Å²) in [5.41, 5.74) is 0. The molecule has 0 saturated carbocycles. The van der Waals surface area contributed by atoms with Gasteiger partial charge >= 0.3 is 0 Å². The van der Waals surface area contributed by atoms with Crippen molar-refractivity contribution in [3.63, 3.8) is 0 Å². The van der Waals surface area contributed by atoms with Crippen LogP contribution in [0.15, 0.2) is 48.6 Å². The summed E-state index contributed by atoms with van der Waals surface area (Å²) in [4.78, 5) is 0. The van der Waals surface area contributed by atoms with Crippen molar-refractivity contribution in [2.24, 2.45) is 0 Å². The van der Waals surface area contributed by atoms with Crippen LogP contribution in [0.4, 0.5) is 0 Å². The first-order valence-corrected chi connectivity index (χ1v) is 4.95. The molecule has 1 rings (SSSR count). The molecule has 0 heteroatoms. The van der Waals surface area contributed by atoms with E-state index in [-0.39, 0.29) is 0 Å². The van der Waals surface area contributed by atoms with Crippen molar-refractivity contribution in [1.82, 2.24) is 0 Å². The Morgan fingerprint density at radius 2 is 1.31 bits per heavy atom. The van der Waals surface area contributed by atoms with Crippen LogP contribution in [-0.4, -0.2) is 0 Å². The maximum absolute atomic E-state index is 2.25. The third kappa shape index (κ3) is 6.15. The van der Waals surface area contributed by atoms with Crippen LogP contribution >= 0.6 is 0 Å². The molecule has 0 aromatic heterocycles. The highest BCUT2D eigenvalue weighted by Crippen LogP contribution is 2.00. The lowest BCUT2D eigenvalue weighted by Crippen LogP contribution is -1.69. The Hall–Kier alpha value is -1.04. The van der Waals surface area contributed by atoms with E-state index in [1.165, 1.54) is 0 Å². The Morgan fingerprint density at radius 1 is 0.538 bits per heavy atom. The van der Waals surface area contributed by atoms with Crippen molar-refractivity contribution < 1.29 is 0 Å². The second-order valence-corrected chi connectivity index (χ2v) is 3.04. The summed E-state index contributed by atoms with van der Waals surface area (Å²) >= 11 is 0. The quantitative estimate of drug-likeness (QED) is 0.486. The van der Waals surface area contributed by atoms with Gasteiger partial charge in [-0.3, -0.25) is 0 Å². The predicted octanol–water partition coefficient (Wildman–Crippen LogP) is 3.99. The Bertz CT molecular complexity index is 216. The number of hydrogen-bond donors (Lipinski definition) is 0. The molecule has 0 atom stereocenters. The summed E-state index contributed by atoms with van der Waals surface area (Å²) in [5, 5.41) is 0. The molecular formula is C13H17. The molecule has 69 valence electrons. The second-order valence-electron chi connectivity index (χ2n) is 3.04. The van der Waals surface area contributed by atoms with E-state index in [4.69, 9.17) is 0 Å². The van der Waals surface area contributed by atoms with Crippen molar-refractivity contribution in [1.29, 1.82) is 0 Å². The van der Waals surface area contributed by atoms with E-state index in [1.54, 1.807) is 0 Å². The molecule has 0 spiro atoms. The van der Waals surface area contributed by atoms with E-state index in [0.29, 0.717) is 0 Å². The van der Waals surface area contributed by atoms with E-state index in [1.807, 2.05) is 0 Å².